The maximum absolute atomic E-state index is 13.6. The Labute approximate surface area is 192 Å². The van der Waals surface area contributed by atoms with E-state index in [-0.39, 0.29) is 11.3 Å². The van der Waals surface area contributed by atoms with Crippen LogP contribution in [0.25, 0.3) is 5.57 Å². The Kier molecular flexibility index (Phi) is 6.28. The first-order valence-corrected chi connectivity index (χ1v) is 10.9. The van der Waals surface area contributed by atoms with Crippen LogP contribution < -0.4 is 15.0 Å². The Balaban J connectivity index is 1.80. The van der Waals surface area contributed by atoms with Crippen molar-refractivity contribution in [3.63, 3.8) is 0 Å². The summed E-state index contributed by atoms with van der Waals surface area (Å²) in [5.41, 5.74) is 3.43. The zero-order valence-electron chi connectivity index (χ0n) is 17.9. The number of nitrogens with zero attached hydrogens (tertiary/aromatic N) is 1. The van der Waals surface area contributed by atoms with Crippen molar-refractivity contribution in [2.75, 3.05) is 16.8 Å². The summed E-state index contributed by atoms with van der Waals surface area (Å²) in [5.74, 6) is -0.385. The van der Waals surface area contributed by atoms with Gasteiger partial charge < -0.3 is 10.1 Å². The number of para-hydroxylation sites is 2. The molecule has 0 bridgehead atoms. The van der Waals surface area contributed by atoms with Crippen LogP contribution in [0.1, 0.15) is 25.0 Å². The molecule has 1 aliphatic heterocycles. The van der Waals surface area contributed by atoms with Crippen LogP contribution in [0.4, 0.5) is 11.4 Å². The molecule has 5 nitrogen and oxygen atoms in total. The molecule has 162 valence electrons. The second-order valence-corrected chi connectivity index (χ2v) is 7.72. The predicted molar refractivity (Wildman–Crippen MR) is 128 cm³/mol. The van der Waals surface area contributed by atoms with Crippen molar-refractivity contribution >= 4 is 40.4 Å². The number of benzene rings is 3. The molecule has 1 N–H and O–H groups in total. The van der Waals surface area contributed by atoms with E-state index in [2.05, 4.69) is 12.2 Å². The SMILES string of the molecule is CCOc1ccccc1N1C(=O)C(Nc2ccc(CC)cc2)=C(c2ccc(Cl)cc2)C1=O. The van der Waals surface area contributed by atoms with Crippen molar-refractivity contribution < 1.29 is 14.3 Å². The van der Waals surface area contributed by atoms with E-state index in [9.17, 15) is 9.59 Å². The van der Waals surface area contributed by atoms with Gasteiger partial charge in [0.15, 0.2) is 0 Å². The van der Waals surface area contributed by atoms with Crippen LogP contribution in [0.5, 0.6) is 5.75 Å². The summed E-state index contributed by atoms with van der Waals surface area (Å²) in [6, 6.07) is 21.7. The van der Waals surface area contributed by atoms with Gasteiger partial charge in [-0.05, 0) is 60.9 Å². The number of imide groups is 1. The Morgan fingerprint density at radius 3 is 2.22 bits per heavy atom. The number of aryl methyl sites for hydroxylation is 1. The van der Waals surface area contributed by atoms with Crippen LogP contribution in [0.15, 0.2) is 78.5 Å². The van der Waals surface area contributed by atoms with Crippen molar-refractivity contribution in [3.8, 4) is 5.75 Å². The zero-order chi connectivity index (χ0) is 22.7. The summed E-state index contributed by atoms with van der Waals surface area (Å²) in [7, 11) is 0. The monoisotopic (exact) mass is 446 g/mol. The maximum Gasteiger partial charge on any atom is 0.282 e. The first-order valence-electron chi connectivity index (χ1n) is 10.5. The van der Waals surface area contributed by atoms with Crippen molar-refractivity contribution in [1.29, 1.82) is 0 Å². The molecule has 1 heterocycles. The molecule has 0 saturated carbocycles. The van der Waals surface area contributed by atoms with E-state index in [1.807, 2.05) is 37.3 Å². The van der Waals surface area contributed by atoms with E-state index in [1.54, 1.807) is 42.5 Å². The summed E-state index contributed by atoms with van der Waals surface area (Å²) in [5, 5.41) is 3.73. The molecular formula is C26H23ClN2O3. The molecule has 3 aromatic carbocycles. The molecule has 6 heteroatoms. The van der Waals surface area contributed by atoms with Crippen LogP contribution in [-0.2, 0) is 16.0 Å². The third-order valence-corrected chi connectivity index (χ3v) is 5.51. The van der Waals surface area contributed by atoms with E-state index >= 15 is 0 Å². The zero-order valence-corrected chi connectivity index (χ0v) is 18.6. The second-order valence-electron chi connectivity index (χ2n) is 7.28. The molecule has 32 heavy (non-hydrogen) atoms. The molecule has 0 unspecified atom stereocenters. The number of hydrogen-bond donors (Lipinski definition) is 1. The summed E-state index contributed by atoms with van der Waals surface area (Å²) in [6.45, 7) is 4.35. The highest BCUT2D eigenvalue weighted by Gasteiger charge is 2.41. The van der Waals surface area contributed by atoms with Crippen LogP contribution in [0.3, 0.4) is 0 Å². The van der Waals surface area contributed by atoms with E-state index in [0.717, 1.165) is 17.0 Å². The van der Waals surface area contributed by atoms with Crippen LogP contribution in [0, 0.1) is 0 Å². The third kappa shape index (κ3) is 4.12. The normalized spacial score (nSPS) is 13.7. The Morgan fingerprint density at radius 1 is 0.875 bits per heavy atom. The van der Waals surface area contributed by atoms with Gasteiger partial charge in [-0.15, -0.1) is 0 Å². The van der Waals surface area contributed by atoms with Crippen molar-refractivity contribution in [2.45, 2.75) is 20.3 Å². The molecule has 1 aliphatic rings. The van der Waals surface area contributed by atoms with E-state index in [4.69, 9.17) is 16.3 Å². The number of ether oxygens (including phenoxy) is 1. The van der Waals surface area contributed by atoms with E-state index < -0.39 is 11.8 Å². The fourth-order valence-electron chi connectivity index (χ4n) is 3.64. The molecule has 0 spiro atoms. The highest BCUT2D eigenvalue weighted by Crippen LogP contribution is 2.38. The Bertz CT molecular complexity index is 1180. The van der Waals surface area contributed by atoms with Crippen molar-refractivity contribution in [1.82, 2.24) is 0 Å². The average molecular weight is 447 g/mol. The van der Waals surface area contributed by atoms with Gasteiger partial charge in [0.05, 0.1) is 17.9 Å². The Morgan fingerprint density at radius 2 is 1.56 bits per heavy atom. The minimum atomic E-state index is -0.438. The molecule has 0 saturated heterocycles. The summed E-state index contributed by atoms with van der Waals surface area (Å²) in [6.07, 6.45) is 0.915. The van der Waals surface area contributed by atoms with Crippen molar-refractivity contribution in [3.05, 3.63) is 94.6 Å². The first-order chi connectivity index (χ1) is 15.5. The van der Waals surface area contributed by atoms with Gasteiger partial charge in [-0.1, -0.05) is 54.9 Å². The largest absolute Gasteiger partial charge is 0.492 e. The van der Waals surface area contributed by atoms with Crippen LogP contribution >= 0.6 is 11.6 Å². The molecule has 0 aliphatic carbocycles. The van der Waals surface area contributed by atoms with Crippen LogP contribution in [-0.4, -0.2) is 18.4 Å². The number of carbonyl (C=O) groups is 2. The molecule has 0 fully saturated rings. The lowest BCUT2D eigenvalue weighted by molar-refractivity contribution is -0.120. The van der Waals surface area contributed by atoms with Gasteiger partial charge in [0.2, 0.25) is 0 Å². The number of nitrogens with one attached hydrogen (secondary N) is 1. The molecule has 0 aromatic heterocycles. The second kappa shape index (κ2) is 9.28. The quantitative estimate of drug-likeness (QED) is 0.473. The number of anilines is 2. The van der Waals surface area contributed by atoms with E-state index in [1.165, 1.54) is 5.56 Å². The van der Waals surface area contributed by atoms with Gasteiger partial charge in [0.1, 0.15) is 11.4 Å². The average Bonchev–Trinajstić information content (AvgIpc) is 3.05. The number of halogens is 1. The maximum atomic E-state index is 13.6. The third-order valence-electron chi connectivity index (χ3n) is 5.25. The lowest BCUT2D eigenvalue weighted by Gasteiger charge is -2.19. The molecular weight excluding hydrogens is 424 g/mol. The number of amides is 2. The summed E-state index contributed by atoms with van der Waals surface area (Å²) >= 11 is 6.05. The fraction of sp³-hybridized carbons (Fsp3) is 0.154. The summed E-state index contributed by atoms with van der Waals surface area (Å²) < 4.78 is 5.68. The lowest BCUT2D eigenvalue weighted by atomic mass is 10.0. The molecule has 4 rings (SSSR count). The van der Waals surface area contributed by atoms with E-state index in [0.29, 0.717) is 28.6 Å². The molecule has 2 amide bonds. The number of hydrogen-bond acceptors (Lipinski definition) is 4. The van der Waals surface area contributed by atoms with Gasteiger partial charge in [-0.25, -0.2) is 4.90 Å². The van der Waals surface area contributed by atoms with Gasteiger partial charge >= 0.3 is 0 Å². The molecule has 0 radical (unpaired) electrons. The summed E-state index contributed by atoms with van der Waals surface area (Å²) in [4.78, 5) is 28.3. The van der Waals surface area contributed by atoms with Gasteiger partial charge in [0, 0.05) is 10.7 Å². The smallest absolute Gasteiger partial charge is 0.282 e. The lowest BCUT2D eigenvalue weighted by Crippen LogP contribution is -2.32. The predicted octanol–water partition coefficient (Wildman–Crippen LogP) is 5.70. The molecule has 3 aromatic rings. The minimum Gasteiger partial charge on any atom is -0.492 e. The fourth-order valence-corrected chi connectivity index (χ4v) is 3.76. The number of rotatable bonds is 7. The highest BCUT2D eigenvalue weighted by atomic mass is 35.5. The highest BCUT2D eigenvalue weighted by molar-refractivity contribution is 6.46. The topological polar surface area (TPSA) is 58.6 Å². The van der Waals surface area contributed by atoms with Gasteiger partial charge in [0.25, 0.3) is 11.8 Å². The minimum absolute atomic E-state index is 0.216. The molecule has 0 atom stereocenters. The van der Waals surface area contributed by atoms with Gasteiger partial charge in [-0.3, -0.25) is 9.59 Å². The Hall–Kier alpha value is -3.57. The van der Waals surface area contributed by atoms with Crippen molar-refractivity contribution in [2.24, 2.45) is 0 Å². The standard InChI is InChI=1S/C26H23ClN2O3/c1-3-17-9-15-20(16-10-17)28-24-23(18-11-13-19(27)14-12-18)25(30)29(26(24)31)21-7-5-6-8-22(21)32-4-2/h5-16,28H,3-4H2,1-2H3. The first kappa shape index (κ1) is 21.7. The van der Waals surface area contributed by atoms with Gasteiger partial charge in [-0.2, -0.15) is 0 Å². The number of carbonyl (C=O) groups excluding carboxylic acids is 2. The van der Waals surface area contributed by atoms with Crippen LogP contribution in [0.2, 0.25) is 5.02 Å².